The first-order chi connectivity index (χ1) is 22.3. The van der Waals surface area contributed by atoms with Gasteiger partial charge >= 0.3 is 18.1 Å². The molecule has 13 nitrogen and oxygen atoms in total. The Kier molecular flexibility index (Phi) is 10.6. The third-order valence-corrected chi connectivity index (χ3v) is 8.22. The second kappa shape index (κ2) is 15.2. The molecule has 3 N–H and O–H groups in total. The Balaban J connectivity index is 1.19. The summed E-state index contributed by atoms with van der Waals surface area (Å²) in [5, 5.41) is 19.9. The number of hydrogen-bond donors (Lipinski definition) is 3. The van der Waals surface area contributed by atoms with Gasteiger partial charge in [0.15, 0.2) is 0 Å². The van der Waals surface area contributed by atoms with Gasteiger partial charge in [-0.05, 0) is 90.6 Å². The van der Waals surface area contributed by atoms with E-state index in [9.17, 15) is 24.5 Å². The molecule has 0 fully saturated rings. The molecule has 0 saturated carbocycles. The highest BCUT2D eigenvalue weighted by molar-refractivity contribution is 5.85. The number of urea groups is 1. The average molecular weight is 631 g/mol. The van der Waals surface area contributed by atoms with Crippen molar-refractivity contribution < 1.29 is 28.8 Å². The quantitative estimate of drug-likeness (QED) is 0.117. The number of benzene rings is 2. The summed E-state index contributed by atoms with van der Waals surface area (Å²) in [7, 11) is 1.35. The molecular formula is C33H38N6O7. The van der Waals surface area contributed by atoms with E-state index in [0.717, 1.165) is 54.9 Å². The number of fused-ring (bicyclic) bond motifs is 2. The molecule has 0 aliphatic carbocycles. The van der Waals surface area contributed by atoms with Gasteiger partial charge in [-0.2, -0.15) is 0 Å². The van der Waals surface area contributed by atoms with E-state index in [2.05, 4.69) is 28.1 Å². The predicted molar refractivity (Wildman–Crippen MR) is 171 cm³/mol. The number of carbonyl (C=O) groups excluding carboxylic acids is 3. The second-order valence-electron chi connectivity index (χ2n) is 11.4. The Hall–Kier alpha value is -5.20. The number of ether oxygens (including phenoxy) is 2. The Morgan fingerprint density at radius 1 is 1.11 bits per heavy atom. The fourth-order valence-electron chi connectivity index (χ4n) is 5.74. The molecule has 2 aliphatic heterocycles. The van der Waals surface area contributed by atoms with E-state index in [-0.39, 0.29) is 36.6 Å². The minimum atomic E-state index is -0.697. The van der Waals surface area contributed by atoms with E-state index in [0.29, 0.717) is 37.3 Å². The predicted octanol–water partition coefficient (Wildman–Crippen LogP) is 5.29. The van der Waals surface area contributed by atoms with Gasteiger partial charge in [-0.25, -0.2) is 14.6 Å². The zero-order chi connectivity index (χ0) is 32.5. The zero-order valence-corrected chi connectivity index (χ0v) is 25.8. The van der Waals surface area contributed by atoms with Crippen LogP contribution in [0, 0.1) is 10.1 Å². The number of nitro benzene ring substituents is 1. The topological polar surface area (TPSA) is 165 Å². The smallest absolute Gasteiger partial charge is 0.411 e. The van der Waals surface area contributed by atoms with E-state index in [4.69, 9.17) is 14.5 Å². The maximum Gasteiger partial charge on any atom is 0.411 e. The van der Waals surface area contributed by atoms with Crippen molar-refractivity contribution in [3.05, 3.63) is 92.7 Å². The van der Waals surface area contributed by atoms with Crippen LogP contribution in [-0.2, 0) is 40.3 Å². The van der Waals surface area contributed by atoms with E-state index >= 15 is 0 Å². The van der Waals surface area contributed by atoms with Gasteiger partial charge in [0.25, 0.3) is 5.69 Å². The SMILES string of the molecule is COC(=O)CC1CCN(C(=O)NCCCc2ccc3c(n2)NCCC3)Cc2cc(NC(=O)OCc3ccc([N+](=O)[O-])cc3)ccc21. The number of aromatic nitrogens is 1. The molecule has 0 radical (unpaired) electrons. The van der Waals surface area contributed by atoms with E-state index < -0.39 is 11.0 Å². The van der Waals surface area contributed by atoms with Crippen molar-refractivity contribution in [1.82, 2.24) is 15.2 Å². The third kappa shape index (κ3) is 8.49. The molecular weight excluding hydrogens is 592 g/mol. The van der Waals surface area contributed by atoms with Gasteiger partial charge < -0.3 is 25.0 Å². The van der Waals surface area contributed by atoms with Crippen LogP contribution in [0.15, 0.2) is 54.6 Å². The molecule has 1 atom stereocenters. The summed E-state index contributed by atoms with van der Waals surface area (Å²) in [5.41, 5.74) is 4.98. The molecule has 3 amide bonds. The molecule has 13 heteroatoms. The van der Waals surface area contributed by atoms with E-state index in [1.54, 1.807) is 17.0 Å². The summed E-state index contributed by atoms with van der Waals surface area (Å²) in [4.78, 5) is 54.8. The van der Waals surface area contributed by atoms with Gasteiger partial charge in [0, 0.05) is 49.7 Å². The molecule has 2 aromatic carbocycles. The monoisotopic (exact) mass is 630 g/mol. The Labute approximate surface area is 266 Å². The van der Waals surface area contributed by atoms with Crippen LogP contribution in [0.25, 0.3) is 0 Å². The van der Waals surface area contributed by atoms with Crippen molar-refractivity contribution in [2.75, 3.05) is 37.4 Å². The zero-order valence-electron chi connectivity index (χ0n) is 25.8. The minimum Gasteiger partial charge on any atom is -0.469 e. The van der Waals surface area contributed by atoms with Crippen LogP contribution >= 0.6 is 0 Å². The van der Waals surface area contributed by atoms with Crippen molar-refractivity contribution >= 4 is 35.3 Å². The Morgan fingerprint density at radius 2 is 1.93 bits per heavy atom. The number of hydrogen-bond acceptors (Lipinski definition) is 9. The maximum atomic E-state index is 13.3. The third-order valence-electron chi connectivity index (χ3n) is 8.22. The normalized spacial score (nSPS) is 15.3. The summed E-state index contributed by atoms with van der Waals surface area (Å²) in [6, 6.07) is 15.1. The Bertz CT molecular complexity index is 1580. The molecule has 0 saturated heterocycles. The van der Waals surface area contributed by atoms with Crippen LogP contribution in [-0.4, -0.2) is 59.6 Å². The highest BCUT2D eigenvalue weighted by atomic mass is 16.6. The number of nitro groups is 1. The summed E-state index contributed by atoms with van der Waals surface area (Å²) >= 11 is 0. The van der Waals surface area contributed by atoms with Crippen LogP contribution in [0.2, 0.25) is 0 Å². The van der Waals surface area contributed by atoms with Gasteiger partial charge in [-0.3, -0.25) is 20.2 Å². The number of pyridine rings is 1. The van der Waals surface area contributed by atoms with Crippen molar-refractivity contribution in [2.45, 2.75) is 57.6 Å². The number of anilines is 2. The first kappa shape index (κ1) is 32.2. The van der Waals surface area contributed by atoms with E-state index in [1.165, 1.54) is 36.9 Å². The number of aryl methyl sites for hydroxylation is 2. The molecule has 1 aromatic heterocycles. The number of methoxy groups -OCH3 is 1. The first-order valence-electron chi connectivity index (χ1n) is 15.4. The van der Waals surface area contributed by atoms with Gasteiger partial charge in [0.2, 0.25) is 0 Å². The minimum absolute atomic E-state index is 0.0495. The lowest BCUT2D eigenvalue weighted by Crippen LogP contribution is -2.40. The fraction of sp³-hybridized carbons (Fsp3) is 0.394. The molecule has 2 aliphatic rings. The molecule has 0 spiro atoms. The lowest BCUT2D eigenvalue weighted by atomic mass is 9.90. The lowest BCUT2D eigenvalue weighted by Gasteiger charge is -2.22. The molecule has 242 valence electrons. The molecule has 46 heavy (non-hydrogen) atoms. The summed E-state index contributed by atoms with van der Waals surface area (Å²) in [5.74, 6) is 0.466. The maximum absolute atomic E-state index is 13.3. The first-order valence-corrected chi connectivity index (χ1v) is 15.4. The van der Waals surface area contributed by atoms with E-state index in [1.807, 2.05) is 6.07 Å². The van der Waals surface area contributed by atoms with Crippen molar-refractivity contribution in [3.63, 3.8) is 0 Å². The van der Waals surface area contributed by atoms with Crippen molar-refractivity contribution in [3.8, 4) is 0 Å². The largest absolute Gasteiger partial charge is 0.469 e. The number of non-ortho nitro benzene ring substituents is 1. The van der Waals surface area contributed by atoms with Crippen LogP contribution in [0.4, 0.5) is 26.8 Å². The van der Waals surface area contributed by atoms with Crippen LogP contribution < -0.4 is 16.0 Å². The number of nitrogens with one attached hydrogen (secondary N) is 3. The summed E-state index contributed by atoms with van der Waals surface area (Å²) in [6.07, 6.45) is 3.68. The molecule has 5 rings (SSSR count). The van der Waals surface area contributed by atoms with Crippen LogP contribution in [0.3, 0.4) is 0 Å². The average Bonchev–Trinajstić information content (AvgIpc) is 3.24. The van der Waals surface area contributed by atoms with Gasteiger partial charge in [-0.1, -0.05) is 12.1 Å². The Morgan fingerprint density at radius 3 is 2.72 bits per heavy atom. The number of rotatable bonds is 10. The summed E-state index contributed by atoms with van der Waals surface area (Å²) in [6.45, 7) is 2.10. The molecule has 3 heterocycles. The standard InChI is InChI=1S/C33H38N6O7/c1-45-30(40)19-24-14-17-38(32(41)35-16-3-5-26-9-8-23-4-2-15-34-31(23)36-26)20-25-18-27(10-13-29(24)25)37-33(42)46-21-22-6-11-28(12-7-22)39(43)44/h6-13,18,24H,2-5,14-17,19-21H2,1H3,(H,34,36)(H,35,41)(H,37,42). The van der Waals surface area contributed by atoms with Gasteiger partial charge in [0.1, 0.15) is 12.4 Å². The molecule has 1 unspecified atom stereocenters. The van der Waals surface area contributed by atoms with Crippen LogP contribution in [0.5, 0.6) is 0 Å². The lowest BCUT2D eigenvalue weighted by molar-refractivity contribution is -0.384. The van der Waals surface area contributed by atoms with Crippen LogP contribution in [0.1, 0.15) is 59.5 Å². The highest BCUT2D eigenvalue weighted by Gasteiger charge is 2.27. The number of nitrogens with zero attached hydrogens (tertiary/aromatic N) is 3. The van der Waals surface area contributed by atoms with Gasteiger partial charge in [0.05, 0.1) is 18.5 Å². The second-order valence-corrected chi connectivity index (χ2v) is 11.4. The van der Waals surface area contributed by atoms with Gasteiger partial charge in [-0.15, -0.1) is 0 Å². The van der Waals surface area contributed by atoms with Crippen molar-refractivity contribution in [2.24, 2.45) is 0 Å². The highest BCUT2D eigenvalue weighted by Crippen LogP contribution is 2.33. The van der Waals surface area contributed by atoms with Crippen molar-refractivity contribution in [1.29, 1.82) is 0 Å². The number of amides is 3. The molecule has 3 aromatic rings. The summed E-state index contributed by atoms with van der Waals surface area (Å²) < 4.78 is 10.2. The molecule has 0 bridgehead atoms. The number of carbonyl (C=O) groups is 3. The number of esters is 1. The fourth-order valence-corrected chi connectivity index (χ4v) is 5.74.